The van der Waals surface area contributed by atoms with Gasteiger partial charge in [0.2, 0.25) is 0 Å². The number of hydrogen-bond acceptors (Lipinski definition) is 2. The van der Waals surface area contributed by atoms with Crippen LogP contribution < -0.4 is 5.73 Å². The molecule has 2 N–H and O–H groups in total. The molecule has 0 aliphatic carbocycles. The highest BCUT2D eigenvalue weighted by Gasteiger charge is 2.03. The number of pyridine rings is 1. The molecule has 0 unspecified atom stereocenters. The topological polar surface area (TPSA) is 38.9 Å². The van der Waals surface area contributed by atoms with Crippen molar-refractivity contribution < 1.29 is 4.39 Å². The lowest BCUT2D eigenvalue weighted by Crippen LogP contribution is -2.07. The third-order valence-electron chi connectivity index (χ3n) is 1.29. The summed E-state index contributed by atoms with van der Waals surface area (Å²) in [6, 6.07) is 1.32. The second-order valence-corrected chi connectivity index (χ2v) is 2.19. The monoisotopic (exact) mass is 140 g/mol. The van der Waals surface area contributed by atoms with Crippen molar-refractivity contribution in [3.63, 3.8) is 0 Å². The largest absolute Gasteiger partial charge is 0.324 e. The Morgan fingerprint density at radius 3 is 2.80 bits per heavy atom. The van der Waals surface area contributed by atoms with Gasteiger partial charge in [-0.15, -0.1) is 0 Å². The SMILES string of the molecule is C[C@H](N)c1ccncc1F. The summed E-state index contributed by atoms with van der Waals surface area (Å²) >= 11 is 0. The van der Waals surface area contributed by atoms with Crippen molar-refractivity contribution >= 4 is 0 Å². The number of nitrogens with two attached hydrogens (primary N) is 1. The molecule has 1 rings (SSSR count). The van der Waals surface area contributed by atoms with E-state index in [0.717, 1.165) is 0 Å². The molecule has 10 heavy (non-hydrogen) atoms. The zero-order valence-corrected chi connectivity index (χ0v) is 5.71. The first-order valence-corrected chi connectivity index (χ1v) is 3.07. The number of halogens is 1. The van der Waals surface area contributed by atoms with Crippen LogP contribution in [0.2, 0.25) is 0 Å². The molecule has 54 valence electrons. The van der Waals surface area contributed by atoms with E-state index in [1.54, 1.807) is 13.0 Å². The Morgan fingerprint density at radius 1 is 1.70 bits per heavy atom. The smallest absolute Gasteiger partial charge is 0.146 e. The summed E-state index contributed by atoms with van der Waals surface area (Å²) < 4.78 is 12.7. The quantitative estimate of drug-likeness (QED) is 0.637. The Bertz CT molecular complexity index is 223. The van der Waals surface area contributed by atoms with Gasteiger partial charge in [-0.05, 0) is 13.0 Å². The van der Waals surface area contributed by atoms with Gasteiger partial charge in [-0.2, -0.15) is 0 Å². The molecule has 0 aromatic carbocycles. The number of rotatable bonds is 1. The molecule has 1 aromatic rings. The average molecular weight is 140 g/mol. The Kier molecular flexibility index (Phi) is 1.97. The van der Waals surface area contributed by atoms with Crippen molar-refractivity contribution in [1.29, 1.82) is 0 Å². The molecule has 0 spiro atoms. The van der Waals surface area contributed by atoms with Crippen LogP contribution in [0.1, 0.15) is 18.5 Å². The van der Waals surface area contributed by atoms with E-state index in [0.29, 0.717) is 5.56 Å². The fourth-order valence-corrected chi connectivity index (χ4v) is 0.755. The van der Waals surface area contributed by atoms with E-state index < -0.39 is 0 Å². The molecular formula is C7H9FN2. The van der Waals surface area contributed by atoms with Gasteiger partial charge in [-0.3, -0.25) is 4.98 Å². The van der Waals surface area contributed by atoms with Crippen molar-refractivity contribution in [2.75, 3.05) is 0 Å². The first-order chi connectivity index (χ1) is 4.72. The molecule has 0 aliphatic rings. The summed E-state index contributed by atoms with van der Waals surface area (Å²) in [5, 5.41) is 0. The molecule has 3 heteroatoms. The molecule has 0 amide bonds. The lowest BCUT2D eigenvalue weighted by molar-refractivity contribution is 0.587. The number of hydrogen-bond donors (Lipinski definition) is 1. The summed E-state index contributed by atoms with van der Waals surface area (Å²) in [5.74, 6) is -0.336. The Hall–Kier alpha value is -0.960. The highest BCUT2D eigenvalue weighted by Crippen LogP contribution is 2.11. The first-order valence-electron chi connectivity index (χ1n) is 3.07. The van der Waals surface area contributed by atoms with E-state index in [4.69, 9.17) is 5.73 Å². The van der Waals surface area contributed by atoms with Crippen LogP contribution in [0.25, 0.3) is 0 Å². The Morgan fingerprint density at radius 2 is 2.40 bits per heavy atom. The van der Waals surface area contributed by atoms with E-state index in [-0.39, 0.29) is 11.9 Å². The molecule has 0 aliphatic heterocycles. The van der Waals surface area contributed by atoms with Gasteiger partial charge in [-0.25, -0.2) is 4.39 Å². The van der Waals surface area contributed by atoms with E-state index in [1.807, 2.05) is 0 Å². The van der Waals surface area contributed by atoms with E-state index >= 15 is 0 Å². The van der Waals surface area contributed by atoms with E-state index in [1.165, 1.54) is 12.4 Å². The van der Waals surface area contributed by atoms with Gasteiger partial charge in [0, 0.05) is 17.8 Å². The summed E-state index contributed by atoms with van der Waals surface area (Å²) in [6.07, 6.45) is 2.69. The summed E-state index contributed by atoms with van der Waals surface area (Å²) in [6.45, 7) is 1.73. The van der Waals surface area contributed by atoms with Gasteiger partial charge in [0.15, 0.2) is 0 Å². The summed E-state index contributed by atoms with van der Waals surface area (Å²) in [4.78, 5) is 3.60. The van der Waals surface area contributed by atoms with Gasteiger partial charge >= 0.3 is 0 Å². The molecular weight excluding hydrogens is 131 g/mol. The van der Waals surface area contributed by atoms with Crippen molar-refractivity contribution in [3.8, 4) is 0 Å². The highest BCUT2D eigenvalue weighted by molar-refractivity contribution is 5.15. The molecule has 2 nitrogen and oxygen atoms in total. The Balaban J connectivity index is 3.03. The predicted octanol–water partition coefficient (Wildman–Crippen LogP) is 1.24. The predicted molar refractivity (Wildman–Crippen MR) is 36.8 cm³/mol. The van der Waals surface area contributed by atoms with Crippen molar-refractivity contribution in [2.24, 2.45) is 5.73 Å². The van der Waals surface area contributed by atoms with Crippen LogP contribution >= 0.6 is 0 Å². The van der Waals surface area contributed by atoms with Gasteiger partial charge in [0.05, 0.1) is 6.20 Å². The lowest BCUT2D eigenvalue weighted by atomic mass is 10.1. The fraction of sp³-hybridized carbons (Fsp3) is 0.286. The molecule has 0 saturated carbocycles. The van der Waals surface area contributed by atoms with Crippen LogP contribution in [-0.4, -0.2) is 4.98 Å². The minimum absolute atomic E-state index is 0.261. The van der Waals surface area contributed by atoms with Crippen LogP contribution in [-0.2, 0) is 0 Å². The minimum atomic E-state index is -0.336. The molecule has 0 bridgehead atoms. The van der Waals surface area contributed by atoms with E-state index in [9.17, 15) is 4.39 Å². The molecule has 1 heterocycles. The van der Waals surface area contributed by atoms with Crippen LogP contribution in [0.4, 0.5) is 4.39 Å². The standard InChI is InChI=1S/C7H9FN2/c1-5(9)6-2-3-10-4-7(6)8/h2-5H,9H2,1H3/t5-/m0/s1. The summed E-state index contributed by atoms with van der Waals surface area (Å²) in [5.41, 5.74) is 5.96. The average Bonchev–Trinajstić information content (AvgIpc) is 1.88. The second kappa shape index (κ2) is 2.75. The van der Waals surface area contributed by atoms with Gasteiger partial charge in [0.25, 0.3) is 0 Å². The Labute approximate surface area is 58.9 Å². The molecule has 1 atom stereocenters. The first kappa shape index (κ1) is 7.15. The van der Waals surface area contributed by atoms with Gasteiger partial charge < -0.3 is 5.73 Å². The molecule has 0 saturated heterocycles. The van der Waals surface area contributed by atoms with Crippen LogP contribution in [0.15, 0.2) is 18.5 Å². The summed E-state index contributed by atoms with van der Waals surface area (Å²) in [7, 11) is 0. The maximum Gasteiger partial charge on any atom is 0.146 e. The third kappa shape index (κ3) is 1.30. The zero-order valence-electron chi connectivity index (χ0n) is 5.71. The normalized spacial score (nSPS) is 13.1. The third-order valence-corrected chi connectivity index (χ3v) is 1.29. The maximum atomic E-state index is 12.7. The fourth-order valence-electron chi connectivity index (χ4n) is 0.755. The van der Waals surface area contributed by atoms with Crippen LogP contribution in [0, 0.1) is 5.82 Å². The van der Waals surface area contributed by atoms with Gasteiger partial charge in [-0.1, -0.05) is 0 Å². The molecule has 0 fully saturated rings. The van der Waals surface area contributed by atoms with Crippen LogP contribution in [0.5, 0.6) is 0 Å². The second-order valence-electron chi connectivity index (χ2n) is 2.19. The van der Waals surface area contributed by atoms with Gasteiger partial charge in [0.1, 0.15) is 5.82 Å². The van der Waals surface area contributed by atoms with Crippen LogP contribution in [0.3, 0.4) is 0 Å². The minimum Gasteiger partial charge on any atom is -0.324 e. The zero-order chi connectivity index (χ0) is 7.56. The van der Waals surface area contributed by atoms with E-state index in [2.05, 4.69) is 4.98 Å². The molecule has 0 radical (unpaired) electrons. The lowest BCUT2D eigenvalue weighted by Gasteiger charge is -2.04. The molecule has 1 aromatic heterocycles. The van der Waals surface area contributed by atoms with Crippen molar-refractivity contribution in [2.45, 2.75) is 13.0 Å². The number of nitrogens with zero attached hydrogens (tertiary/aromatic N) is 1. The number of aromatic nitrogens is 1. The van der Waals surface area contributed by atoms with Crippen molar-refractivity contribution in [1.82, 2.24) is 4.98 Å². The maximum absolute atomic E-state index is 12.7. The highest BCUT2D eigenvalue weighted by atomic mass is 19.1. The van der Waals surface area contributed by atoms with Crippen molar-refractivity contribution in [3.05, 3.63) is 29.8 Å².